The van der Waals surface area contributed by atoms with Gasteiger partial charge in [0.05, 0.1) is 0 Å². The van der Waals surface area contributed by atoms with E-state index in [1.807, 2.05) is 13.8 Å². The maximum absolute atomic E-state index is 4.31. The summed E-state index contributed by atoms with van der Waals surface area (Å²) in [5, 5.41) is 1.58. The molecule has 3 aromatic rings. The van der Waals surface area contributed by atoms with Gasteiger partial charge in [0.25, 0.3) is 0 Å². The molecule has 0 saturated carbocycles. The number of thiocarbonyl (C=S) groups is 1. The molecule has 0 saturated heterocycles. The van der Waals surface area contributed by atoms with E-state index in [9.17, 15) is 0 Å². The van der Waals surface area contributed by atoms with Gasteiger partial charge < -0.3 is 4.90 Å². The van der Waals surface area contributed by atoms with Gasteiger partial charge in [-0.25, -0.2) is 0 Å². The van der Waals surface area contributed by atoms with Crippen LogP contribution in [0.1, 0.15) is 68.7 Å². The van der Waals surface area contributed by atoms with Crippen molar-refractivity contribution in [2.45, 2.75) is 60.3 Å². The van der Waals surface area contributed by atoms with Crippen LogP contribution >= 0.6 is 12.2 Å². The number of unbranched alkanes of at least 4 members (excludes halogenated alkanes) is 1. The Morgan fingerprint density at radius 3 is 1.76 bits per heavy atom. The molecule has 0 heterocycles. The molecule has 1 nitrogen and oxygen atoms in total. The summed E-state index contributed by atoms with van der Waals surface area (Å²) in [4.78, 5) is 2.15. The van der Waals surface area contributed by atoms with Crippen LogP contribution in [-0.2, 0) is 0 Å². The minimum Gasteiger partial charge on any atom is -0.345 e. The topological polar surface area (TPSA) is 3.24 Å². The van der Waals surface area contributed by atoms with E-state index < -0.39 is 0 Å². The van der Waals surface area contributed by atoms with Crippen molar-refractivity contribution in [3.63, 3.8) is 0 Å². The summed E-state index contributed by atoms with van der Waals surface area (Å²) < 4.78 is 0. The molecule has 0 bridgehead atoms. The largest absolute Gasteiger partial charge is 0.345 e. The first-order valence-electron chi connectivity index (χ1n) is 13.0. The summed E-state index contributed by atoms with van der Waals surface area (Å²) in [6.07, 6.45) is 4.41. The highest BCUT2D eigenvalue weighted by Crippen LogP contribution is 2.29. The van der Waals surface area contributed by atoms with Crippen molar-refractivity contribution in [1.82, 2.24) is 0 Å². The zero-order chi connectivity index (χ0) is 27.8. The third-order valence-corrected chi connectivity index (χ3v) is 6.11. The molecular formula is C35H45NS. The average molecular weight is 512 g/mol. The van der Waals surface area contributed by atoms with E-state index in [-0.39, 0.29) is 0 Å². The lowest BCUT2D eigenvalue weighted by Gasteiger charge is -2.25. The van der Waals surface area contributed by atoms with E-state index in [1.165, 1.54) is 22.3 Å². The van der Waals surface area contributed by atoms with Gasteiger partial charge in [-0.05, 0) is 73.9 Å². The highest BCUT2D eigenvalue weighted by molar-refractivity contribution is 7.78. The monoisotopic (exact) mass is 511 g/mol. The van der Waals surface area contributed by atoms with Gasteiger partial charge in [-0.15, -0.1) is 0 Å². The summed E-state index contributed by atoms with van der Waals surface area (Å²) in [5.41, 5.74) is 9.66. The molecule has 0 aliphatic carbocycles. The van der Waals surface area contributed by atoms with Crippen LogP contribution in [0.3, 0.4) is 0 Å². The van der Waals surface area contributed by atoms with Crippen LogP contribution in [0.15, 0.2) is 115 Å². The third kappa shape index (κ3) is 11.1. The third-order valence-electron chi connectivity index (χ3n) is 6.11. The van der Waals surface area contributed by atoms with Crippen molar-refractivity contribution < 1.29 is 0 Å². The van der Waals surface area contributed by atoms with E-state index >= 15 is 0 Å². The highest BCUT2D eigenvalue weighted by atomic mass is 32.1. The van der Waals surface area contributed by atoms with Gasteiger partial charge in [-0.3, -0.25) is 0 Å². The van der Waals surface area contributed by atoms with Crippen molar-refractivity contribution in [1.29, 1.82) is 0 Å². The van der Waals surface area contributed by atoms with Crippen LogP contribution in [0.4, 0.5) is 5.69 Å². The van der Waals surface area contributed by atoms with Crippen LogP contribution in [0, 0.1) is 13.8 Å². The molecule has 0 spiro atoms. The Balaban J connectivity index is 0.000000516. The van der Waals surface area contributed by atoms with Crippen molar-refractivity contribution in [2.75, 3.05) is 11.9 Å². The number of likely N-dealkylation sites (N-methyl/N-ethyl adjacent to an activating group) is 1. The van der Waals surface area contributed by atoms with Crippen molar-refractivity contribution >= 4 is 23.3 Å². The Labute approximate surface area is 232 Å². The number of hydrogen-bond acceptors (Lipinski definition) is 2. The SMILES string of the molecule is C=C(C)/C(=C/CCC)C(=C)N(C)c1ccc(C(C)c2ccccc2)cc1.CC=S.Cc1ccc(C)cc1. The molecule has 196 valence electrons. The molecule has 37 heavy (non-hydrogen) atoms. The standard InChI is InChI=1S/C25H31N.C8H10.C2H4S/c1-7-8-14-25(19(2)3)21(5)26(6)24-17-15-23(16-18-24)20(4)22-12-10-9-11-13-22;1-7-3-5-8(2)6-4-7;1-2-3/h9-18,20H,2,5,7-8H2,1,3-4,6H3;3-6H,1-2H3;2H,1H3/b25-14-;;. The predicted molar refractivity (Wildman–Crippen MR) is 171 cm³/mol. The van der Waals surface area contributed by atoms with Gasteiger partial charge in [0.2, 0.25) is 0 Å². The number of nitrogens with zero attached hydrogens (tertiary/aromatic N) is 1. The maximum atomic E-state index is 4.31. The van der Waals surface area contributed by atoms with Gasteiger partial charge >= 0.3 is 0 Å². The molecule has 0 aliphatic heterocycles. The van der Waals surface area contributed by atoms with Crippen LogP contribution < -0.4 is 4.90 Å². The zero-order valence-corrected chi connectivity index (χ0v) is 24.7. The lowest BCUT2D eigenvalue weighted by atomic mass is 9.93. The molecule has 0 radical (unpaired) electrons. The second kappa shape index (κ2) is 17.3. The minimum atomic E-state index is 0.384. The predicted octanol–water partition coefficient (Wildman–Crippen LogP) is 10.4. The van der Waals surface area contributed by atoms with Gasteiger partial charge in [0.15, 0.2) is 0 Å². The van der Waals surface area contributed by atoms with Crippen molar-refractivity contribution in [2.24, 2.45) is 0 Å². The number of anilines is 1. The fraction of sp³-hybridized carbons (Fsp3) is 0.286. The highest BCUT2D eigenvalue weighted by Gasteiger charge is 2.12. The van der Waals surface area contributed by atoms with Gasteiger partial charge in [-0.2, -0.15) is 0 Å². The van der Waals surface area contributed by atoms with Crippen molar-refractivity contribution in [3.05, 3.63) is 137 Å². The Kier molecular flexibility index (Phi) is 14.8. The molecule has 0 fully saturated rings. The molecule has 0 N–H and O–H groups in total. The number of rotatable bonds is 8. The Morgan fingerprint density at radius 2 is 1.32 bits per heavy atom. The van der Waals surface area contributed by atoms with Gasteiger partial charge in [-0.1, -0.05) is 130 Å². The summed E-state index contributed by atoms with van der Waals surface area (Å²) in [6, 6.07) is 27.9. The Hall–Kier alpha value is -3.23. The molecule has 2 heteroatoms. The van der Waals surface area contributed by atoms with Crippen LogP contribution in [0.2, 0.25) is 0 Å². The molecule has 1 unspecified atom stereocenters. The molecule has 0 aromatic heterocycles. The normalized spacial score (nSPS) is 11.2. The van der Waals surface area contributed by atoms with Gasteiger partial charge in [0.1, 0.15) is 0 Å². The average Bonchev–Trinajstić information content (AvgIpc) is 2.91. The lowest BCUT2D eigenvalue weighted by Crippen LogP contribution is -2.17. The van der Waals surface area contributed by atoms with Gasteiger partial charge in [0, 0.05) is 24.4 Å². The van der Waals surface area contributed by atoms with E-state index in [1.54, 1.807) is 5.37 Å². The minimum absolute atomic E-state index is 0.384. The fourth-order valence-corrected chi connectivity index (χ4v) is 3.72. The number of benzene rings is 3. The molecule has 1 atom stereocenters. The maximum Gasteiger partial charge on any atom is 0.0408 e. The molecule has 0 amide bonds. The van der Waals surface area contributed by atoms with E-state index in [2.05, 4.69) is 150 Å². The Morgan fingerprint density at radius 1 is 0.865 bits per heavy atom. The first kappa shape index (κ1) is 31.8. The number of hydrogen-bond donors (Lipinski definition) is 0. The van der Waals surface area contributed by atoms with Crippen LogP contribution in [0.25, 0.3) is 0 Å². The van der Waals surface area contributed by atoms with E-state index in [0.29, 0.717) is 5.92 Å². The van der Waals surface area contributed by atoms with Crippen molar-refractivity contribution in [3.8, 4) is 0 Å². The zero-order valence-electron chi connectivity index (χ0n) is 23.9. The van der Waals surface area contributed by atoms with E-state index in [4.69, 9.17) is 0 Å². The molecule has 0 aliphatic rings. The van der Waals surface area contributed by atoms with Crippen LogP contribution in [0.5, 0.6) is 0 Å². The molecule has 3 aromatic carbocycles. The van der Waals surface area contributed by atoms with Crippen LogP contribution in [-0.4, -0.2) is 12.4 Å². The number of allylic oxidation sites excluding steroid dienone is 2. The first-order chi connectivity index (χ1) is 17.7. The Bertz CT molecular complexity index is 1100. The van der Waals surface area contributed by atoms with E-state index in [0.717, 1.165) is 35.4 Å². The summed E-state index contributed by atoms with van der Waals surface area (Å²) in [6.45, 7) is 20.9. The summed E-state index contributed by atoms with van der Waals surface area (Å²) in [5.74, 6) is 0.384. The number of aryl methyl sites for hydroxylation is 2. The second-order valence-corrected chi connectivity index (χ2v) is 9.78. The quantitative estimate of drug-likeness (QED) is 0.218. The summed E-state index contributed by atoms with van der Waals surface area (Å²) >= 11 is 4.27. The summed E-state index contributed by atoms with van der Waals surface area (Å²) in [7, 11) is 2.07. The molecule has 3 rings (SSSR count). The lowest BCUT2D eigenvalue weighted by molar-refractivity contribution is 0.921. The fourth-order valence-electron chi connectivity index (χ4n) is 3.72. The molecular weight excluding hydrogens is 466 g/mol. The second-order valence-electron chi connectivity index (χ2n) is 9.31. The first-order valence-corrected chi connectivity index (χ1v) is 13.5. The smallest absolute Gasteiger partial charge is 0.0408 e.